The van der Waals surface area contributed by atoms with Crippen LogP contribution in [-0.2, 0) is 7.05 Å². The van der Waals surface area contributed by atoms with Crippen molar-refractivity contribution in [3.8, 4) is 17.0 Å². The third kappa shape index (κ3) is 3.00. The fourth-order valence-electron chi connectivity index (χ4n) is 2.88. The van der Waals surface area contributed by atoms with Gasteiger partial charge >= 0.3 is 0 Å². The van der Waals surface area contributed by atoms with Crippen LogP contribution in [0.4, 0.5) is 5.82 Å². The second kappa shape index (κ2) is 6.08. The van der Waals surface area contributed by atoms with E-state index in [0.717, 1.165) is 11.3 Å². The Morgan fingerprint density at radius 3 is 2.92 bits per heavy atom. The van der Waals surface area contributed by atoms with Crippen LogP contribution in [0.2, 0.25) is 0 Å². The van der Waals surface area contributed by atoms with E-state index in [0.29, 0.717) is 28.7 Å². The fourth-order valence-corrected chi connectivity index (χ4v) is 2.88. The molecule has 0 aliphatic heterocycles. The summed E-state index contributed by atoms with van der Waals surface area (Å²) < 4.78 is 7.02. The lowest BCUT2D eigenvalue weighted by Crippen LogP contribution is -2.12. The van der Waals surface area contributed by atoms with Gasteiger partial charge in [0.25, 0.3) is 5.91 Å². The summed E-state index contributed by atoms with van der Waals surface area (Å²) in [4.78, 5) is 12.8. The summed E-state index contributed by atoms with van der Waals surface area (Å²) in [5.74, 6) is 1.51. The molecule has 2 N–H and O–H groups in total. The second-order valence-electron chi connectivity index (χ2n) is 6.20. The molecule has 0 radical (unpaired) electrons. The number of methoxy groups -OCH3 is 1. The van der Waals surface area contributed by atoms with Gasteiger partial charge in [-0.1, -0.05) is 12.1 Å². The Morgan fingerprint density at radius 2 is 2.16 bits per heavy atom. The highest BCUT2D eigenvalue weighted by atomic mass is 16.5. The van der Waals surface area contributed by atoms with E-state index in [-0.39, 0.29) is 5.91 Å². The van der Waals surface area contributed by atoms with Crippen molar-refractivity contribution in [2.75, 3.05) is 12.4 Å². The maximum atomic E-state index is 12.8. The first-order valence-corrected chi connectivity index (χ1v) is 8.19. The SMILES string of the molecule is COc1ccccc1-c1nn(C)cc1C(=O)Nc1cc(C2CC2)[nH]n1. The summed E-state index contributed by atoms with van der Waals surface area (Å²) in [6.45, 7) is 0. The maximum Gasteiger partial charge on any atom is 0.260 e. The summed E-state index contributed by atoms with van der Waals surface area (Å²) >= 11 is 0. The number of para-hydroxylation sites is 1. The first-order chi connectivity index (χ1) is 12.2. The van der Waals surface area contributed by atoms with Crippen LogP contribution < -0.4 is 10.1 Å². The van der Waals surface area contributed by atoms with Crippen molar-refractivity contribution in [1.82, 2.24) is 20.0 Å². The molecule has 4 rings (SSSR count). The van der Waals surface area contributed by atoms with Crippen LogP contribution in [0.25, 0.3) is 11.3 Å². The highest BCUT2D eigenvalue weighted by molar-refractivity contribution is 6.08. The van der Waals surface area contributed by atoms with E-state index in [9.17, 15) is 4.79 Å². The monoisotopic (exact) mass is 337 g/mol. The average Bonchev–Trinajstić information content (AvgIpc) is 3.24. The number of aryl methyl sites for hydroxylation is 1. The quantitative estimate of drug-likeness (QED) is 0.749. The molecule has 0 atom stereocenters. The van der Waals surface area contributed by atoms with Gasteiger partial charge in [-0.25, -0.2) is 0 Å². The third-order valence-electron chi connectivity index (χ3n) is 4.29. The van der Waals surface area contributed by atoms with Gasteiger partial charge in [-0.05, 0) is 25.0 Å². The molecule has 7 heteroatoms. The normalized spacial score (nSPS) is 13.7. The Bertz CT molecular complexity index is 923. The molecule has 0 bridgehead atoms. The fraction of sp³-hybridized carbons (Fsp3) is 0.278. The molecule has 2 aromatic heterocycles. The number of amides is 1. The minimum atomic E-state index is -0.247. The number of carbonyl (C=O) groups excluding carboxylic acids is 1. The van der Waals surface area contributed by atoms with Gasteiger partial charge in [-0.3, -0.25) is 14.6 Å². The molecule has 7 nitrogen and oxygen atoms in total. The van der Waals surface area contributed by atoms with Crippen molar-refractivity contribution in [1.29, 1.82) is 0 Å². The predicted molar refractivity (Wildman–Crippen MR) is 93.7 cm³/mol. The number of nitrogens with zero attached hydrogens (tertiary/aromatic N) is 3. The molecule has 1 amide bonds. The minimum Gasteiger partial charge on any atom is -0.496 e. The molecule has 0 saturated heterocycles. The highest BCUT2D eigenvalue weighted by Crippen LogP contribution is 2.39. The summed E-state index contributed by atoms with van der Waals surface area (Å²) in [5.41, 5.74) is 2.90. The van der Waals surface area contributed by atoms with Crippen LogP contribution in [0.5, 0.6) is 5.75 Å². The van der Waals surface area contributed by atoms with Crippen molar-refractivity contribution in [2.24, 2.45) is 7.05 Å². The van der Waals surface area contributed by atoms with Crippen molar-refractivity contribution in [3.05, 3.63) is 47.8 Å². The van der Waals surface area contributed by atoms with Gasteiger partial charge in [-0.15, -0.1) is 0 Å². The number of anilines is 1. The van der Waals surface area contributed by atoms with Gasteiger partial charge in [-0.2, -0.15) is 10.2 Å². The van der Waals surface area contributed by atoms with Crippen molar-refractivity contribution in [2.45, 2.75) is 18.8 Å². The number of carbonyl (C=O) groups is 1. The Labute approximate surface area is 145 Å². The molecule has 2 heterocycles. The Morgan fingerprint density at radius 1 is 1.36 bits per heavy atom. The van der Waals surface area contributed by atoms with E-state index in [4.69, 9.17) is 4.74 Å². The zero-order valence-electron chi connectivity index (χ0n) is 14.1. The van der Waals surface area contributed by atoms with Crippen LogP contribution in [0.15, 0.2) is 36.5 Å². The Balaban J connectivity index is 1.64. The van der Waals surface area contributed by atoms with E-state index < -0.39 is 0 Å². The van der Waals surface area contributed by atoms with Gasteiger partial charge in [0.1, 0.15) is 11.4 Å². The van der Waals surface area contributed by atoms with Crippen molar-refractivity contribution < 1.29 is 9.53 Å². The lowest BCUT2D eigenvalue weighted by Gasteiger charge is -2.07. The molecule has 25 heavy (non-hydrogen) atoms. The number of ether oxygens (including phenoxy) is 1. The number of hydrogen-bond donors (Lipinski definition) is 2. The standard InChI is InChI=1S/C18H19N5O2/c1-23-10-13(17(22-23)12-5-3-4-6-15(12)25-2)18(24)19-16-9-14(20-21-16)11-7-8-11/h3-6,9-11H,7-8H2,1-2H3,(H2,19,20,21,24). The molecule has 1 fully saturated rings. The summed E-state index contributed by atoms with van der Waals surface area (Å²) in [7, 11) is 3.39. The highest BCUT2D eigenvalue weighted by Gasteiger charge is 2.26. The van der Waals surface area contributed by atoms with Crippen LogP contribution in [-0.4, -0.2) is 33.0 Å². The second-order valence-corrected chi connectivity index (χ2v) is 6.20. The zero-order chi connectivity index (χ0) is 17.4. The van der Waals surface area contributed by atoms with E-state index in [1.54, 1.807) is 25.0 Å². The van der Waals surface area contributed by atoms with Crippen LogP contribution in [0, 0.1) is 0 Å². The number of rotatable bonds is 5. The summed E-state index contributed by atoms with van der Waals surface area (Å²) in [5, 5.41) is 14.5. The number of benzene rings is 1. The first kappa shape index (κ1) is 15.4. The van der Waals surface area contributed by atoms with E-state index in [1.807, 2.05) is 30.3 Å². The molecule has 1 aliphatic carbocycles. The minimum absolute atomic E-state index is 0.247. The first-order valence-electron chi connectivity index (χ1n) is 8.19. The molecular formula is C18H19N5O2. The topological polar surface area (TPSA) is 84.8 Å². The molecule has 1 saturated carbocycles. The molecule has 3 aromatic rings. The lowest BCUT2D eigenvalue weighted by molar-refractivity contribution is 0.102. The average molecular weight is 337 g/mol. The van der Waals surface area contributed by atoms with E-state index in [2.05, 4.69) is 20.6 Å². The lowest BCUT2D eigenvalue weighted by atomic mass is 10.1. The Hall–Kier alpha value is -3.09. The number of hydrogen-bond acceptors (Lipinski definition) is 4. The number of H-pyrrole nitrogens is 1. The van der Waals surface area contributed by atoms with E-state index >= 15 is 0 Å². The molecule has 0 spiro atoms. The molecular weight excluding hydrogens is 318 g/mol. The predicted octanol–water partition coefficient (Wildman–Crippen LogP) is 2.95. The molecule has 1 aromatic carbocycles. The van der Waals surface area contributed by atoms with Crippen LogP contribution in [0.1, 0.15) is 34.8 Å². The molecule has 128 valence electrons. The van der Waals surface area contributed by atoms with Gasteiger partial charge in [0.2, 0.25) is 0 Å². The molecule has 1 aliphatic rings. The Kier molecular flexibility index (Phi) is 3.76. The van der Waals surface area contributed by atoms with Crippen molar-refractivity contribution >= 4 is 11.7 Å². The van der Waals surface area contributed by atoms with Crippen LogP contribution in [0.3, 0.4) is 0 Å². The molecule has 0 unspecified atom stereocenters. The largest absolute Gasteiger partial charge is 0.496 e. The van der Waals surface area contributed by atoms with Gasteiger partial charge < -0.3 is 10.1 Å². The third-order valence-corrected chi connectivity index (χ3v) is 4.29. The smallest absolute Gasteiger partial charge is 0.260 e. The number of aromatic amines is 1. The maximum absolute atomic E-state index is 12.8. The van der Waals surface area contributed by atoms with Crippen LogP contribution >= 0.6 is 0 Å². The van der Waals surface area contributed by atoms with Gasteiger partial charge in [0.05, 0.1) is 12.7 Å². The number of aromatic nitrogens is 4. The zero-order valence-corrected chi connectivity index (χ0v) is 14.1. The van der Waals surface area contributed by atoms with Gasteiger partial charge in [0.15, 0.2) is 5.82 Å². The van der Waals surface area contributed by atoms with E-state index in [1.165, 1.54) is 12.8 Å². The van der Waals surface area contributed by atoms with Gasteiger partial charge in [0, 0.05) is 36.5 Å². The number of nitrogens with one attached hydrogen (secondary N) is 2. The summed E-state index contributed by atoms with van der Waals surface area (Å²) in [6.07, 6.45) is 4.05. The van der Waals surface area contributed by atoms with Crippen molar-refractivity contribution in [3.63, 3.8) is 0 Å². The summed E-state index contributed by atoms with van der Waals surface area (Å²) in [6, 6.07) is 9.41.